The summed E-state index contributed by atoms with van der Waals surface area (Å²) in [7, 11) is 0. The Labute approximate surface area is 75.6 Å². The molecule has 0 heterocycles. The fourth-order valence-electron chi connectivity index (χ4n) is 1.12. The molecule has 12 heavy (non-hydrogen) atoms. The lowest BCUT2D eigenvalue weighted by Crippen LogP contribution is -2.38. The van der Waals surface area contributed by atoms with E-state index in [1.54, 1.807) is 0 Å². The largest absolute Gasteiger partial charge is 0.389 e. The minimum Gasteiger partial charge on any atom is -0.389 e. The maximum atomic E-state index is 9.53. The molecule has 0 radical (unpaired) electrons. The van der Waals surface area contributed by atoms with Crippen molar-refractivity contribution < 1.29 is 5.11 Å². The molecule has 0 atom stereocenters. The Morgan fingerprint density at radius 3 is 2.42 bits per heavy atom. The first-order valence-electron chi connectivity index (χ1n) is 4.38. The van der Waals surface area contributed by atoms with E-state index in [9.17, 15) is 5.11 Å². The standard InChI is InChI=1S/C10H19NO/c1-5-7-8-11(6-2)9-10(3,4)12/h1,12H,6-9H2,2-4H3. The van der Waals surface area contributed by atoms with Crippen LogP contribution in [0.1, 0.15) is 27.2 Å². The summed E-state index contributed by atoms with van der Waals surface area (Å²) in [5, 5.41) is 9.53. The highest BCUT2D eigenvalue weighted by molar-refractivity contribution is 4.85. The molecule has 0 aromatic rings. The van der Waals surface area contributed by atoms with Gasteiger partial charge in [-0.1, -0.05) is 6.92 Å². The second-order valence-electron chi connectivity index (χ2n) is 3.64. The van der Waals surface area contributed by atoms with Crippen molar-refractivity contribution in [3.8, 4) is 12.3 Å². The molecule has 0 aliphatic carbocycles. The molecule has 1 N–H and O–H groups in total. The van der Waals surface area contributed by atoms with Crippen LogP contribution in [0.3, 0.4) is 0 Å². The van der Waals surface area contributed by atoms with Crippen LogP contribution < -0.4 is 0 Å². The van der Waals surface area contributed by atoms with Crippen molar-refractivity contribution in [3.63, 3.8) is 0 Å². The average molecular weight is 169 g/mol. The maximum Gasteiger partial charge on any atom is 0.0718 e. The van der Waals surface area contributed by atoms with E-state index in [0.29, 0.717) is 6.54 Å². The van der Waals surface area contributed by atoms with Gasteiger partial charge in [0.15, 0.2) is 0 Å². The highest BCUT2D eigenvalue weighted by atomic mass is 16.3. The molecule has 0 saturated heterocycles. The van der Waals surface area contributed by atoms with Crippen molar-refractivity contribution in [2.75, 3.05) is 19.6 Å². The Morgan fingerprint density at radius 2 is 2.08 bits per heavy atom. The zero-order valence-electron chi connectivity index (χ0n) is 8.30. The van der Waals surface area contributed by atoms with Crippen LogP contribution in [0.4, 0.5) is 0 Å². The van der Waals surface area contributed by atoms with Crippen molar-refractivity contribution in [3.05, 3.63) is 0 Å². The number of hydrogen-bond acceptors (Lipinski definition) is 2. The zero-order chi connectivity index (χ0) is 9.61. The molecular weight excluding hydrogens is 150 g/mol. The summed E-state index contributed by atoms with van der Waals surface area (Å²) >= 11 is 0. The molecule has 0 fully saturated rings. The van der Waals surface area contributed by atoms with Crippen molar-refractivity contribution >= 4 is 0 Å². The third-order valence-electron chi connectivity index (χ3n) is 1.63. The summed E-state index contributed by atoms with van der Waals surface area (Å²) in [6.45, 7) is 8.19. The van der Waals surface area contributed by atoms with E-state index < -0.39 is 5.60 Å². The van der Waals surface area contributed by atoms with E-state index in [-0.39, 0.29) is 0 Å². The molecule has 0 aromatic heterocycles. The molecule has 0 spiro atoms. The molecule has 0 unspecified atom stereocenters. The lowest BCUT2D eigenvalue weighted by molar-refractivity contribution is 0.0386. The third kappa shape index (κ3) is 6.21. The number of aliphatic hydroxyl groups is 1. The number of hydrogen-bond donors (Lipinski definition) is 1. The van der Waals surface area contributed by atoms with Gasteiger partial charge in [-0.3, -0.25) is 4.90 Å². The maximum absolute atomic E-state index is 9.53. The molecule has 2 nitrogen and oxygen atoms in total. The van der Waals surface area contributed by atoms with Gasteiger partial charge >= 0.3 is 0 Å². The minimum absolute atomic E-state index is 0.620. The van der Waals surface area contributed by atoms with Gasteiger partial charge in [-0.05, 0) is 20.4 Å². The molecule has 0 saturated carbocycles. The predicted octanol–water partition coefficient (Wildman–Crippen LogP) is 1.10. The second kappa shape index (κ2) is 5.18. The van der Waals surface area contributed by atoms with Gasteiger partial charge in [0.05, 0.1) is 5.60 Å². The van der Waals surface area contributed by atoms with Crippen LogP contribution in [0.15, 0.2) is 0 Å². The summed E-state index contributed by atoms with van der Waals surface area (Å²) in [5.41, 5.74) is -0.620. The molecule has 2 heteroatoms. The second-order valence-corrected chi connectivity index (χ2v) is 3.64. The summed E-state index contributed by atoms with van der Waals surface area (Å²) in [4.78, 5) is 2.15. The van der Waals surface area contributed by atoms with E-state index in [1.807, 2.05) is 13.8 Å². The Morgan fingerprint density at radius 1 is 1.50 bits per heavy atom. The number of likely N-dealkylation sites (N-methyl/N-ethyl adjacent to an activating group) is 1. The molecule has 0 amide bonds. The third-order valence-corrected chi connectivity index (χ3v) is 1.63. The first-order valence-corrected chi connectivity index (χ1v) is 4.38. The van der Waals surface area contributed by atoms with Crippen LogP contribution in [-0.2, 0) is 0 Å². The van der Waals surface area contributed by atoms with Gasteiger partial charge in [0.2, 0.25) is 0 Å². The molecule has 0 aliphatic rings. The van der Waals surface area contributed by atoms with Crippen LogP contribution in [-0.4, -0.2) is 35.2 Å². The van der Waals surface area contributed by atoms with Crippen molar-refractivity contribution in [1.29, 1.82) is 0 Å². The highest BCUT2D eigenvalue weighted by Crippen LogP contribution is 2.04. The fraction of sp³-hybridized carbons (Fsp3) is 0.800. The van der Waals surface area contributed by atoms with E-state index >= 15 is 0 Å². The quantitative estimate of drug-likeness (QED) is 0.623. The molecule has 0 aromatic carbocycles. The van der Waals surface area contributed by atoms with E-state index in [4.69, 9.17) is 6.42 Å². The topological polar surface area (TPSA) is 23.5 Å². The zero-order valence-corrected chi connectivity index (χ0v) is 8.30. The van der Waals surface area contributed by atoms with E-state index in [1.165, 1.54) is 0 Å². The van der Waals surface area contributed by atoms with Crippen molar-refractivity contribution in [2.24, 2.45) is 0 Å². The summed E-state index contributed by atoms with van der Waals surface area (Å²) < 4.78 is 0. The average Bonchev–Trinajstić information content (AvgIpc) is 1.95. The molecule has 70 valence electrons. The smallest absolute Gasteiger partial charge is 0.0718 e. The van der Waals surface area contributed by atoms with Crippen LogP contribution in [0.2, 0.25) is 0 Å². The van der Waals surface area contributed by atoms with Crippen LogP contribution in [0, 0.1) is 12.3 Å². The lowest BCUT2D eigenvalue weighted by Gasteiger charge is -2.27. The Kier molecular flexibility index (Phi) is 4.96. The summed E-state index contributed by atoms with van der Waals surface area (Å²) in [6, 6.07) is 0. The van der Waals surface area contributed by atoms with Gasteiger partial charge in [0.1, 0.15) is 0 Å². The minimum atomic E-state index is -0.620. The van der Waals surface area contributed by atoms with E-state index in [2.05, 4.69) is 17.7 Å². The Hall–Kier alpha value is -0.520. The number of nitrogens with zero attached hydrogens (tertiary/aromatic N) is 1. The van der Waals surface area contributed by atoms with Gasteiger partial charge in [-0.25, -0.2) is 0 Å². The molecular formula is C10H19NO. The first-order chi connectivity index (χ1) is 5.49. The van der Waals surface area contributed by atoms with Crippen molar-refractivity contribution in [2.45, 2.75) is 32.8 Å². The van der Waals surface area contributed by atoms with E-state index in [0.717, 1.165) is 19.5 Å². The van der Waals surface area contributed by atoms with Gasteiger partial charge in [-0.2, -0.15) is 0 Å². The number of terminal acetylenes is 1. The SMILES string of the molecule is C#CCCN(CC)CC(C)(C)O. The Balaban J connectivity index is 3.77. The Bertz CT molecular complexity index is 152. The first kappa shape index (κ1) is 11.5. The normalized spacial score (nSPS) is 11.7. The van der Waals surface area contributed by atoms with Crippen molar-refractivity contribution in [1.82, 2.24) is 4.90 Å². The molecule has 0 aliphatic heterocycles. The fourth-order valence-corrected chi connectivity index (χ4v) is 1.12. The van der Waals surface area contributed by atoms with Gasteiger partial charge in [0, 0.05) is 19.5 Å². The predicted molar refractivity (Wildman–Crippen MR) is 51.9 cm³/mol. The molecule has 0 bridgehead atoms. The summed E-state index contributed by atoms with van der Waals surface area (Å²) in [5.74, 6) is 2.59. The number of rotatable bonds is 5. The van der Waals surface area contributed by atoms with Gasteiger partial charge in [0.25, 0.3) is 0 Å². The lowest BCUT2D eigenvalue weighted by atomic mass is 10.1. The van der Waals surface area contributed by atoms with Crippen LogP contribution in [0.5, 0.6) is 0 Å². The molecule has 0 rings (SSSR count). The van der Waals surface area contributed by atoms with Crippen LogP contribution >= 0.6 is 0 Å². The monoisotopic (exact) mass is 169 g/mol. The van der Waals surface area contributed by atoms with Gasteiger partial charge < -0.3 is 5.11 Å². The summed E-state index contributed by atoms with van der Waals surface area (Å²) in [6.07, 6.45) is 5.91. The highest BCUT2D eigenvalue weighted by Gasteiger charge is 2.16. The van der Waals surface area contributed by atoms with Gasteiger partial charge in [-0.15, -0.1) is 12.3 Å². The van der Waals surface area contributed by atoms with Crippen LogP contribution in [0.25, 0.3) is 0 Å².